The topological polar surface area (TPSA) is 216 Å². The van der Waals surface area contributed by atoms with Crippen LogP contribution < -0.4 is 10.6 Å². The highest BCUT2D eigenvalue weighted by atomic mass is 32.2. The molecule has 1 aromatic heterocycles. The number of amides is 1. The first kappa shape index (κ1) is 33.1. The number of carbonyl (C=O) groups excluding carboxylic acids is 3. The Bertz CT molecular complexity index is 1860. The summed E-state index contributed by atoms with van der Waals surface area (Å²) in [7, 11) is -4.48. The van der Waals surface area contributed by atoms with Gasteiger partial charge in [0.15, 0.2) is 11.4 Å². The number of rotatable bonds is 12. The van der Waals surface area contributed by atoms with E-state index in [0.29, 0.717) is 16.9 Å². The van der Waals surface area contributed by atoms with Crippen LogP contribution >= 0.6 is 12.0 Å². The van der Waals surface area contributed by atoms with E-state index in [9.17, 15) is 32.1 Å². The van der Waals surface area contributed by atoms with Crippen molar-refractivity contribution in [1.82, 2.24) is 9.78 Å². The molecular weight excluding hydrogens is 636 g/mol. The Morgan fingerprint density at radius 3 is 2.20 bits per heavy atom. The molecule has 0 fully saturated rings. The van der Waals surface area contributed by atoms with Crippen molar-refractivity contribution in [2.75, 3.05) is 18.2 Å². The number of hydrogen-bond donors (Lipinski definition) is 3. The predicted molar refractivity (Wildman–Crippen MR) is 158 cm³/mol. The second-order valence-corrected chi connectivity index (χ2v) is 10.9. The molecule has 16 nitrogen and oxygen atoms in total. The van der Waals surface area contributed by atoms with Crippen molar-refractivity contribution in [3.8, 4) is 5.69 Å². The highest BCUT2D eigenvalue weighted by molar-refractivity contribution is 7.94. The Balaban J connectivity index is 1.71. The van der Waals surface area contributed by atoms with Crippen molar-refractivity contribution in [2.45, 2.75) is 23.6 Å². The van der Waals surface area contributed by atoms with Crippen LogP contribution in [0, 0.1) is 0 Å². The number of hydrogen-bond acceptors (Lipinski definition) is 13. The molecule has 45 heavy (non-hydrogen) atoms. The maximum Gasteiger partial charge on any atom is 0.359 e. The maximum absolute atomic E-state index is 13.4. The number of H-pyrrole nitrogens is 1. The molecule has 4 rings (SSSR count). The van der Waals surface area contributed by atoms with Crippen molar-refractivity contribution in [3.63, 3.8) is 0 Å². The number of carbonyl (C=O) groups is 3. The Kier molecular flexibility index (Phi) is 10.5. The molecule has 2 heterocycles. The molecule has 0 aliphatic carbocycles. The molecule has 0 unspecified atom stereocenters. The number of anilines is 1. The third-order valence-electron chi connectivity index (χ3n) is 5.91. The Hall–Kier alpha value is -4.85. The zero-order chi connectivity index (χ0) is 32.7. The highest BCUT2D eigenvalue weighted by Crippen LogP contribution is 2.28. The van der Waals surface area contributed by atoms with Crippen molar-refractivity contribution >= 4 is 57.5 Å². The molecule has 0 atom stereocenters. The molecule has 18 heteroatoms. The van der Waals surface area contributed by atoms with E-state index in [1.807, 2.05) is 0 Å². The lowest BCUT2D eigenvalue weighted by Gasteiger charge is -2.11. The Labute approximate surface area is 258 Å². The molecule has 1 aliphatic heterocycles. The lowest BCUT2D eigenvalue weighted by atomic mass is 10.1. The van der Waals surface area contributed by atoms with E-state index >= 15 is 0 Å². The van der Waals surface area contributed by atoms with E-state index in [2.05, 4.69) is 19.6 Å². The summed E-state index contributed by atoms with van der Waals surface area (Å²) in [5, 5.41) is 19.6. The monoisotopic (exact) mass is 660 g/mol. The minimum atomic E-state index is -4.48. The molecule has 1 aliphatic rings. The predicted octanol–water partition coefficient (Wildman–Crippen LogP) is 2.92. The molecule has 0 saturated heterocycles. The molecule has 3 N–H and O–H groups in total. The van der Waals surface area contributed by atoms with Crippen LogP contribution in [-0.4, -0.2) is 64.8 Å². The smallest absolute Gasteiger partial charge is 0.359 e. The summed E-state index contributed by atoms with van der Waals surface area (Å²) in [5.41, 5.74) is -1.23. The van der Waals surface area contributed by atoms with Gasteiger partial charge in [0.25, 0.3) is 21.6 Å². The highest BCUT2D eigenvalue weighted by Gasteiger charge is 2.35. The molecule has 1 amide bonds. The fraction of sp³-hybridized carbons (Fsp3) is 0.148. The van der Waals surface area contributed by atoms with Crippen LogP contribution in [0.4, 0.5) is 5.69 Å². The Morgan fingerprint density at radius 2 is 1.60 bits per heavy atom. The van der Waals surface area contributed by atoms with Crippen LogP contribution in [0.1, 0.15) is 29.9 Å². The van der Waals surface area contributed by atoms with Gasteiger partial charge in [0.05, 0.1) is 52.7 Å². The van der Waals surface area contributed by atoms with Crippen molar-refractivity contribution in [3.05, 3.63) is 87.9 Å². The van der Waals surface area contributed by atoms with Crippen LogP contribution in [0.25, 0.3) is 11.8 Å². The molecule has 0 spiro atoms. The zero-order valence-corrected chi connectivity index (χ0v) is 25.0. The first-order chi connectivity index (χ1) is 21.5. The number of nitrogens with zero attached hydrogens (tertiary/aromatic N) is 3. The average molecular weight is 661 g/mol. The van der Waals surface area contributed by atoms with Crippen LogP contribution in [0.2, 0.25) is 0 Å². The largest absolute Gasteiger partial charge is 0.461 e. The van der Waals surface area contributed by atoms with Crippen LogP contribution in [-0.2, 0) is 38.6 Å². The number of aromatic amines is 1. The molecule has 0 saturated carbocycles. The van der Waals surface area contributed by atoms with Gasteiger partial charge in [-0.2, -0.15) is 18.5 Å². The van der Waals surface area contributed by atoms with Crippen molar-refractivity contribution in [1.29, 1.82) is 0 Å². The van der Waals surface area contributed by atoms with Crippen LogP contribution in [0.15, 0.2) is 85.9 Å². The van der Waals surface area contributed by atoms with Gasteiger partial charge in [-0.05, 0) is 74.5 Å². The fourth-order valence-corrected chi connectivity index (χ4v) is 4.78. The Morgan fingerprint density at radius 1 is 0.978 bits per heavy atom. The van der Waals surface area contributed by atoms with E-state index in [1.165, 1.54) is 54.6 Å². The molecule has 0 radical (unpaired) electrons. The van der Waals surface area contributed by atoms with Gasteiger partial charge in [0, 0.05) is 4.90 Å². The summed E-state index contributed by atoms with van der Waals surface area (Å²) in [5.74, 6) is -2.45. The summed E-state index contributed by atoms with van der Waals surface area (Å²) in [6.07, 6.45) is 3.70. The van der Waals surface area contributed by atoms with E-state index in [4.69, 9.17) is 14.7 Å². The van der Waals surface area contributed by atoms with E-state index in [1.54, 1.807) is 13.8 Å². The number of benzene rings is 2. The summed E-state index contributed by atoms with van der Waals surface area (Å²) in [6, 6.07) is 10.7. The summed E-state index contributed by atoms with van der Waals surface area (Å²) < 4.78 is 47.4. The molecule has 2 aromatic carbocycles. The molecular formula is C27H24N4O12S2. The average Bonchev–Trinajstić information content (AvgIpc) is 3.52. The van der Waals surface area contributed by atoms with Crippen molar-refractivity contribution in [2.24, 2.45) is 5.10 Å². The first-order valence-corrected chi connectivity index (χ1v) is 15.0. The second kappa shape index (κ2) is 14.3. The SMILES string of the molecule is CCOC(=O)C1=NN(c2ccc(SOOO)cc2)C(=O)/C1=C/C=C/c1c(C(=O)OCC)[nH]n(-c2ccc(S(=O)(=O)O)cc2)c1=O. The maximum atomic E-state index is 13.4. The molecule has 236 valence electrons. The van der Waals surface area contributed by atoms with E-state index < -0.39 is 38.4 Å². The number of allylic oxidation sites excluding steroid dienone is 2. The minimum Gasteiger partial charge on any atom is -0.461 e. The van der Waals surface area contributed by atoms with Gasteiger partial charge < -0.3 is 9.47 Å². The molecule has 0 bridgehead atoms. The third-order valence-corrected chi connectivity index (χ3v) is 7.37. The number of hydrazone groups is 1. The third kappa shape index (κ3) is 7.45. The minimum absolute atomic E-state index is 0.00498. The van der Waals surface area contributed by atoms with Gasteiger partial charge in [0.1, 0.15) is 0 Å². The van der Waals surface area contributed by atoms with Gasteiger partial charge in [-0.15, -0.1) is 4.33 Å². The normalized spacial score (nSPS) is 14.3. The second-order valence-electron chi connectivity index (χ2n) is 8.68. The van der Waals surface area contributed by atoms with Gasteiger partial charge in [-0.3, -0.25) is 19.2 Å². The van der Waals surface area contributed by atoms with Gasteiger partial charge >= 0.3 is 11.9 Å². The number of aromatic nitrogens is 2. The summed E-state index contributed by atoms with van der Waals surface area (Å²) >= 11 is 0.700. The van der Waals surface area contributed by atoms with Crippen LogP contribution in [0.3, 0.4) is 0 Å². The standard InChI is InChI=1S/C27H24N4O12S2/c1-3-40-26(34)22-20(24(32)30(28-22)16-8-12-18(13-9-16)44-43-42-36)6-5-7-21-23(27(35)41-4-2)29-31(25(21)33)17-10-14-19(15-11-17)45(37,38)39/h5-15,29,36H,3-4H2,1-2H3,(H,37,38,39)/b7-5+,20-6+. The lowest BCUT2D eigenvalue weighted by Crippen LogP contribution is -2.22. The van der Waals surface area contributed by atoms with E-state index in [0.717, 1.165) is 21.8 Å². The molecule has 3 aromatic rings. The number of nitrogens with one attached hydrogen (secondary N) is 1. The lowest BCUT2D eigenvalue weighted by molar-refractivity contribution is -0.432. The first-order valence-electron chi connectivity index (χ1n) is 12.8. The van der Waals surface area contributed by atoms with Gasteiger partial charge in [-0.25, -0.2) is 19.5 Å². The van der Waals surface area contributed by atoms with Gasteiger partial charge in [-0.1, -0.05) is 11.1 Å². The van der Waals surface area contributed by atoms with Crippen molar-refractivity contribution < 1.29 is 51.5 Å². The number of esters is 2. The van der Waals surface area contributed by atoms with E-state index in [-0.39, 0.29) is 47.1 Å². The summed E-state index contributed by atoms with van der Waals surface area (Å²) in [6.45, 7) is 3.15. The van der Waals surface area contributed by atoms with Crippen LogP contribution in [0.5, 0.6) is 0 Å². The quantitative estimate of drug-likeness (QED) is 0.0637. The summed E-state index contributed by atoms with van der Waals surface area (Å²) in [4.78, 5) is 52.1. The van der Waals surface area contributed by atoms with Gasteiger partial charge in [0.2, 0.25) is 0 Å². The zero-order valence-electron chi connectivity index (χ0n) is 23.4. The number of ether oxygens (including phenoxy) is 2. The fourth-order valence-electron chi connectivity index (χ4n) is 3.94.